The second-order valence-corrected chi connectivity index (χ2v) is 3.70. The Morgan fingerprint density at radius 2 is 2.24 bits per heavy atom. The van der Waals surface area contributed by atoms with Crippen LogP contribution < -0.4 is 5.32 Å². The fourth-order valence-electron chi connectivity index (χ4n) is 1.45. The number of nitrogens with zero attached hydrogens (tertiary/aromatic N) is 1. The first-order chi connectivity index (χ1) is 8.08. The van der Waals surface area contributed by atoms with Crippen LogP contribution in [0.25, 0.3) is 0 Å². The van der Waals surface area contributed by atoms with Gasteiger partial charge in [-0.05, 0) is 37.6 Å². The number of anilines is 1. The van der Waals surface area contributed by atoms with Crippen LogP contribution in [0.3, 0.4) is 0 Å². The molecule has 0 fully saturated rings. The molecule has 0 heterocycles. The number of aliphatic hydroxyl groups is 1. The van der Waals surface area contributed by atoms with Gasteiger partial charge in [-0.2, -0.15) is 0 Å². The van der Waals surface area contributed by atoms with Gasteiger partial charge >= 0.3 is 6.03 Å². The Kier molecular flexibility index (Phi) is 4.90. The highest BCUT2D eigenvalue weighted by Gasteiger charge is 2.11. The maximum absolute atomic E-state index is 13.0. The third-order valence-corrected chi connectivity index (χ3v) is 2.45. The average molecular weight is 240 g/mol. The Morgan fingerprint density at radius 1 is 1.53 bits per heavy atom. The molecule has 1 aromatic carbocycles. The molecule has 0 unspecified atom stereocenters. The molecular formula is C12H17FN2O2. The zero-order chi connectivity index (χ0) is 12.8. The third kappa shape index (κ3) is 3.71. The quantitative estimate of drug-likeness (QED) is 0.845. The first kappa shape index (κ1) is 13.4. The van der Waals surface area contributed by atoms with Crippen molar-refractivity contribution in [3.63, 3.8) is 0 Å². The minimum absolute atomic E-state index is 0.0797. The van der Waals surface area contributed by atoms with Gasteiger partial charge in [0.25, 0.3) is 0 Å². The van der Waals surface area contributed by atoms with Gasteiger partial charge in [-0.3, -0.25) is 0 Å². The summed E-state index contributed by atoms with van der Waals surface area (Å²) in [6, 6.07) is 4.09. The van der Waals surface area contributed by atoms with Crippen molar-refractivity contribution in [1.29, 1.82) is 0 Å². The van der Waals surface area contributed by atoms with E-state index in [9.17, 15) is 9.18 Å². The summed E-state index contributed by atoms with van der Waals surface area (Å²) in [6.07, 6.45) is 0. The smallest absolute Gasteiger partial charge is 0.321 e. The monoisotopic (exact) mass is 240 g/mol. The number of amides is 2. The van der Waals surface area contributed by atoms with Gasteiger partial charge in [-0.15, -0.1) is 0 Å². The van der Waals surface area contributed by atoms with Crippen LogP contribution in [-0.4, -0.2) is 35.7 Å². The second kappa shape index (κ2) is 6.20. The van der Waals surface area contributed by atoms with Crippen molar-refractivity contribution in [2.45, 2.75) is 13.8 Å². The third-order valence-electron chi connectivity index (χ3n) is 2.45. The Morgan fingerprint density at radius 3 is 2.76 bits per heavy atom. The summed E-state index contributed by atoms with van der Waals surface area (Å²) in [4.78, 5) is 13.2. The molecule has 0 saturated heterocycles. The number of halogens is 1. The molecule has 1 aromatic rings. The van der Waals surface area contributed by atoms with Gasteiger partial charge in [0, 0.05) is 18.8 Å². The van der Waals surface area contributed by atoms with E-state index in [2.05, 4.69) is 5.32 Å². The number of urea groups is 1. The Bertz CT molecular complexity index is 396. The highest BCUT2D eigenvalue weighted by molar-refractivity contribution is 5.89. The molecule has 2 N–H and O–H groups in total. The van der Waals surface area contributed by atoms with Gasteiger partial charge in [0.2, 0.25) is 0 Å². The van der Waals surface area contributed by atoms with Crippen molar-refractivity contribution in [3.05, 3.63) is 29.6 Å². The van der Waals surface area contributed by atoms with Crippen molar-refractivity contribution in [3.8, 4) is 0 Å². The van der Waals surface area contributed by atoms with Gasteiger partial charge in [-0.1, -0.05) is 0 Å². The Labute approximate surface area is 100 Å². The average Bonchev–Trinajstić information content (AvgIpc) is 2.30. The first-order valence-corrected chi connectivity index (χ1v) is 5.51. The molecule has 5 heteroatoms. The summed E-state index contributed by atoms with van der Waals surface area (Å²) in [5.41, 5.74) is 1.03. The molecule has 4 nitrogen and oxygen atoms in total. The number of benzene rings is 1. The normalized spacial score (nSPS) is 10.1. The summed E-state index contributed by atoms with van der Waals surface area (Å²) in [5.74, 6) is -0.300. The van der Waals surface area contributed by atoms with Crippen LogP contribution in [0.4, 0.5) is 14.9 Å². The number of hydrogen-bond acceptors (Lipinski definition) is 2. The number of nitrogens with one attached hydrogen (secondary N) is 1. The zero-order valence-corrected chi connectivity index (χ0v) is 10.0. The van der Waals surface area contributed by atoms with E-state index in [1.54, 1.807) is 13.0 Å². The number of aliphatic hydroxyl groups excluding tert-OH is 1. The van der Waals surface area contributed by atoms with Crippen LogP contribution in [-0.2, 0) is 0 Å². The van der Waals surface area contributed by atoms with E-state index in [-0.39, 0.29) is 25.0 Å². The van der Waals surface area contributed by atoms with E-state index in [4.69, 9.17) is 5.11 Å². The van der Waals surface area contributed by atoms with Gasteiger partial charge in [-0.25, -0.2) is 9.18 Å². The van der Waals surface area contributed by atoms with E-state index in [1.807, 2.05) is 6.92 Å². The van der Waals surface area contributed by atoms with E-state index >= 15 is 0 Å². The maximum Gasteiger partial charge on any atom is 0.321 e. The van der Waals surface area contributed by atoms with Crippen molar-refractivity contribution < 1.29 is 14.3 Å². The standard InChI is InChI=1S/C12H17FN2O2/c1-3-15(6-7-16)12(17)14-10-4-5-11(13)9(2)8-10/h4-5,8,16H,3,6-7H2,1-2H3,(H,14,17). The number of carbonyl (C=O) groups excluding carboxylic acids is 1. The molecule has 0 spiro atoms. The van der Waals surface area contributed by atoms with Crippen LogP contribution in [0.1, 0.15) is 12.5 Å². The van der Waals surface area contributed by atoms with Crippen LogP contribution in [0, 0.1) is 12.7 Å². The molecule has 0 atom stereocenters. The van der Waals surface area contributed by atoms with Gasteiger partial charge in [0.05, 0.1) is 6.61 Å². The molecule has 0 aromatic heterocycles. The number of hydrogen-bond donors (Lipinski definition) is 2. The van der Waals surface area contributed by atoms with Gasteiger partial charge in [0.15, 0.2) is 0 Å². The molecule has 0 aliphatic rings. The minimum Gasteiger partial charge on any atom is -0.395 e. The number of likely N-dealkylation sites (N-methyl/N-ethyl adjacent to an activating group) is 1. The van der Waals surface area contributed by atoms with E-state index in [0.29, 0.717) is 17.8 Å². The zero-order valence-electron chi connectivity index (χ0n) is 10.0. The lowest BCUT2D eigenvalue weighted by atomic mass is 10.2. The molecule has 94 valence electrons. The molecule has 0 radical (unpaired) electrons. The summed E-state index contributed by atoms with van der Waals surface area (Å²) in [5, 5.41) is 11.4. The number of aryl methyl sites for hydroxylation is 1. The number of rotatable bonds is 4. The van der Waals surface area contributed by atoms with Gasteiger partial charge in [0.1, 0.15) is 5.82 Å². The summed E-state index contributed by atoms with van der Waals surface area (Å²) < 4.78 is 13.0. The van der Waals surface area contributed by atoms with Crippen LogP contribution in [0.15, 0.2) is 18.2 Å². The molecule has 0 aliphatic carbocycles. The summed E-state index contributed by atoms with van der Waals surface area (Å²) in [6.45, 7) is 4.17. The highest BCUT2D eigenvalue weighted by Crippen LogP contribution is 2.14. The fourth-order valence-corrected chi connectivity index (χ4v) is 1.45. The van der Waals surface area contributed by atoms with Crippen LogP contribution >= 0.6 is 0 Å². The molecule has 17 heavy (non-hydrogen) atoms. The lowest BCUT2D eigenvalue weighted by Crippen LogP contribution is -2.36. The summed E-state index contributed by atoms with van der Waals surface area (Å²) >= 11 is 0. The largest absolute Gasteiger partial charge is 0.395 e. The van der Waals surface area contributed by atoms with Crippen molar-refractivity contribution in [1.82, 2.24) is 4.90 Å². The van der Waals surface area contributed by atoms with Crippen LogP contribution in [0.2, 0.25) is 0 Å². The summed E-state index contributed by atoms with van der Waals surface area (Å²) in [7, 11) is 0. The molecular weight excluding hydrogens is 223 g/mol. The van der Waals surface area contributed by atoms with Crippen LogP contribution in [0.5, 0.6) is 0 Å². The first-order valence-electron chi connectivity index (χ1n) is 5.51. The fraction of sp³-hybridized carbons (Fsp3) is 0.417. The highest BCUT2D eigenvalue weighted by atomic mass is 19.1. The van der Waals surface area contributed by atoms with E-state index < -0.39 is 0 Å². The SMILES string of the molecule is CCN(CCO)C(=O)Nc1ccc(F)c(C)c1. The minimum atomic E-state index is -0.300. The van der Waals surface area contributed by atoms with Crippen molar-refractivity contribution >= 4 is 11.7 Å². The molecule has 0 bridgehead atoms. The Hall–Kier alpha value is -1.62. The second-order valence-electron chi connectivity index (χ2n) is 3.70. The van der Waals surface area contributed by atoms with E-state index in [1.165, 1.54) is 17.0 Å². The molecule has 0 saturated carbocycles. The lowest BCUT2D eigenvalue weighted by molar-refractivity contribution is 0.192. The topological polar surface area (TPSA) is 52.6 Å². The number of carbonyl (C=O) groups is 1. The van der Waals surface area contributed by atoms with Crippen molar-refractivity contribution in [2.75, 3.05) is 25.0 Å². The molecule has 2 amide bonds. The molecule has 0 aliphatic heterocycles. The molecule has 1 rings (SSSR count). The predicted molar refractivity (Wildman–Crippen MR) is 64.5 cm³/mol. The van der Waals surface area contributed by atoms with Crippen molar-refractivity contribution in [2.24, 2.45) is 0 Å². The van der Waals surface area contributed by atoms with Gasteiger partial charge < -0.3 is 15.3 Å². The predicted octanol–water partition coefficient (Wildman–Crippen LogP) is 1.98. The lowest BCUT2D eigenvalue weighted by Gasteiger charge is -2.20. The maximum atomic E-state index is 13.0. The van der Waals surface area contributed by atoms with E-state index in [0.717, 1.165) is 0 Å². The Balaban J connectivity index is 2.69.